The van der Waals surface area contributed by atoms with Crippen molar-refractivity contribution in [2.24, 2.45) is 5.92 Å². The number of anilines is 1. The Kier molecular flexibility index (Phi) is 11.9. The molecule has 12 nitrogen and oxygen atoms in total. The van der Waals surface area contributed by atoms with Gasteiger partial charge in [0.2, 0.25) is 5.91 Å². The molecule has 2 saturated heterocycles. The highest BCUT2D eigenvalue weighted by molar-refractivity contribution is 6.35. The van der Waals surface area contributed by atoms with Crippen LogP contribution in [-0.2, 0) is 35.0 Å². The summed E-state index contributed by atoms with van der Waals surface area (Å²) in [6.07, 6.45) is -1.31. The van der Waals surface area contributed by atoms with Gasteiger partial charge < -0.3 is 39.0 Å². The molecule has 8 unspecified atom stereocenters. The number of aliphatic hydroxyl groups is 1. The molecular formula is C32H48ClN3O9. The summed E-state index contributed by atoms with van der Waals surface area (Å²) in [7, 11) is 6.19. The number of nitrogens with one attached hydrogen (secondary N) is 2. The molecule has 252 valence electrons. The van der Waals surface area contributed by atoms with Gasteiger partial charge in [-0.15, -0.1) is 0 Å². The average Bonchev–Trinajstić information content (AvgIpc) is 3.71. The van der Waals surface area contributed by atoms with Crippen molar-refractivity contribution in [2.45, 2.75) is 103 Å². The van der Waals surface area contributed by atoms with Gasteiger partial charge in [0.15, 0.2) is 5.72 Å². The van der Waals surface area contributed by atoms with E-state index in [9.17, 15) is 19.5 Å². The lowest BCUT2D eigenvalue weighted by Gasteiger charge is -2.41. The Morgan fingerprint density at radius 1 is 1.29 bits per heavy atom. The monoisotopic (exact) mass is 653 g/mol. The number of alkyl carbamates (subject to hydrolysis) is 1. The number of methoxy groups -OCH3 is 2. The minimum absolute atomic E-state index is 0.0388. The maximum Gasteiger partial charge on any atom is 0.409 e. The number of esters is 1. The summed E-state index contributed by atoms with van der Waals surface area (Å²) in [6.45, 7) is 10.8. The third kappa shape index (κ3) is 8.10. The Bertz CT molecular complexity index is 1290. The van der Waals surface area contributed by atoms with Gasteiger partial charge in [0.25, 0.3) is 0 Å². The molecule has 1 aromatic carbocycles. The Labute approximate surface area is 270 Å². The summed E-state index contributed by atoms with van der Waals surface area (Å²) in [4.78, 5) is 40.6. The first-order valence-electron chi connectivity index (χ1n) is 15.1. The van der Waals surface area contributed by atoms with Crippen molar-refractivity contribution < 1.29 is 43.2 Å². The molecule has 2 aliphatic heterocycles. The van der Waals surface area contributed by atoms with Crippen molar-refractivity contribution >= 4 is 35.3 Å². The minimum atomic E-state index is -1.65. The van der Waals surface area contributed by atoms with Gasteiger partial charge in [-0.1, -0.05) is 30.2 Å². The van der Waals surface area contributed by atoms with E-state index in [4.69, 9.17) is 35.3 Å². The topological polar surface area (TPSA) is 148 Å². The van der Waals surface area contributed by atoms with Gasteiger partial charge in [-0.05, 0) is 65.8 Å². The molecule has 2 heterocycles. The van der Waals surface area contributed by atoms with Crippen molar-refractivity contribution in [3.8, 4) is 5.75 Å². The number of halogens is 1. The fraction of sp³-hybridized carbons (Fsp3) is 0.656. The highest BCUT2D eigenvalue weighted by Crippen LogP contribution is 2.49. The molecular weight excluding hydrogens is 606 g/mol. The smallest absolute Gasteiger partial charge is 0.409 e. The molecule has 0 bridgehead atoms. The molecule has 0 spiro atoms. The van der Waals surface area contributed by atoms with E-state index in [2.05, 4.69) is 10.6 Å². The summed E-state index contributed by atoms with van der Waals surface area (Å²) in [5.41, 5.74) is -0.236. The van der Waals surface area contributed by atoms with Crippen LogP contribution >= 0.6 is 11.6 Å². The standard InChI is InChI=1S/C32H48ClN3O9/c1-11-17(2)12-21-13-22(27(33)23(14-21)42-10)36(8)26(37)15-25(44-29(38)19(4)34-7)31(6)28(45-31)18(3)24-16-32(40,20(5)41-9)35-30(39)43-24/h11,13-14,18-20,24-25,28,34,40H,12,15-16H2,1-10H3,(H,35,39)/b17-11+. The van der Waals surface area contributed by atoms with Gasteiger partial charge in [-0.25, -0.2) is 4.79 Å². The largest absolute Gasteiger partial charge is 0.495 e. The molecule has 0 saturated carbocycles. The lowest BCUT2D eigenvalue weighted by atomic mass is 9.84. The third-order valence-electron chi connectivity index (χ3n) is 9.12. The quantitative estimate of drug-likeness (QED) is 0.154. The number of benzene rings is 1. The molecule has 0 aliphatic carbocycles. The number of allylic oxidation sites excluding steroid dienone is 2. The number of epoxide rings is 1. The molecule has 2 fully saturated rings. The Balaban J connectivity index is 1.88. The van der Waals surface area contributed by atoms with E-state index in [1.165, 1.54) is 19.1 Å². The second kappa shape index (κ2) is 14.7. The van der Waals surface area contributed by atoms with Crippen molar-refractivity contribution in [1.82, 2.24) is 10.6 Å². The lowest BCUT2D eigenvalue weighted by molar-refractivity contribution is -0.155. The lowest BCUT2D eigenvalue weighted by Crippen LogP contribution is -2.63. The van der Waals surface area contributed by atoms with E-state index in [-0.39, 0.29) is 23.8 Å². The number of ether oxygens (including phenoxy) is 5. The molecule has 0 radical (unpaired) electrons. The molecule has 2 aliphatic rings. The highest BCUT2D eigenvalue weighted by Gasteiger charge is 2.64. The van der Waals surface area contributed by atoms with Gasteiger partial charge in [0, 0.05) is 26.5 Å². The maximum atomic E-state index is 13.8. The van der Waals surface area contributed by atoms with Crippen molar-refractivity contribution in [3.63, 3.8) is 0 Å². The number of carbonyl (C=O) groups is 3. The predicted molar refractivity (Wildman–Crippen MR) is 169 cm³/mol. The van der Waals surface area contributed by atoms with E-state index in [1.54, 1.807) is 34.9 Å². The SMILES string of the molecule is C/C=C(\C)Cc1cc(OC)c(Cl)c(N(C)C(=O)CC(OC(=O)C(C)NC)C2(C)OC2C(C)C2CC(O)(C(C)OC)NC(=O)O2)c1. The van der Waals surface area contributed by atoms with E-state index in [0.717, 1.165) is 11.1 Å². The Hall–Kier alpha value is -2.90. The number of rotatable bonds is 14. The van der Waals surface area contributed by atoms with Crippen LogP contribution in [0.15, 0.2) is 23.8 Å². The third-order valence-corrected chi connectivity index (χ3v) is 9.50. The van der Waals surface area contributed by atoms with E-state index in [1.807, 2.05) is 39.0 Å². The van der Waals surface area contributed by atoms with E-state index in [0.29, 0.717) is 17.9 Å². The molecule has 0 aromatic heterocycles. The Morgan fingerprint density at radius 3 is 2.53 bits per heavy atom. The summed E-state index contributed by atoms with van der Waals surface area (Å²) in [5.74, 6) is -0.920. The molecule has 2 amide bonds. The molecule has 13 heteroatoms. The van der Waals surface area contributed by atoms with Crippen LogP contribution in [0.2, 0.25) is 5.02 Å². The van der Waals surface area contributed by atoms with Gasteiger partial charge >= 0.3 is 12.1 Å². The van der Waals surface area contributed by atoms with Crippen molar-refractivity contribution in [3.05, 3.63) is 34.4 Å². The zero-order valence-electron chi connectivity index (χ0n) is 27.9. The van der Waals surface area contributed by atoms with Gasteiger partial charge in [0.05, 0.1) is 25.3 Å². The second-order valence-corrected chi connectivity index (χ2v) is 12.6. The molecule has 8 atom stereocenters. The van der Waals surface area contributed by atoms with Crippen LogP contribution in [-0.4, -0.2) is 93.2 Å². The molecule has 3 N–H and O–H groups in total. The predicted octanol–water partition coefficient (Wildman–Crippen LogP) is 3.75. The van der Waals surface area contributed by atoms with E-state index < -0.39 is 59.8 Å². The van der Waals surface area contributed by atoms with Crippen LogP contribution in [0.1, 0.15) is 59.9 Å². The highest BCUT2D eigenvalue weighted by atomic mass is 35.5. The zero-order chi connectivity index (χ0) is 33.9. The molecule has 45 heavy (non-hydrogen) atoms. The number of carbonyl (C=O) groups excluding carboxylic acids is 3. The summed E-state index contributed by atoms with van der Waals surface area (Å²) in [5, 5.41) is 16.7. The molecule has 1 aromatic rings. The Morgan fingerprint density at radius 2 is 1.96 bits per heavy atom. The normalized spacial score (nSPS) is 27.4. The number of amides is 2. The van der Waals surface area contributed by atoms with Gasteiger partial charge in [0.1, 0.15) is 40.7 Å². The number of hydrogen-bond acceptors (Lipinski definition) is 10. The maximum absolute atomic E-state index is 13.8. The number of hydrogen-bond donors (Lipinski definition) is 3. The first-order chi connectivity index (χ1) is 21.0. The van der Waals surface area contributed by atoms with Crippen LogP contribution in [0, 0.1) is 5.92 Å². The van der Waals surface area contributed by atoms with Crippen LogP contribution in [0.4, 0.5) is 10.5 Å². The van der Waals surface area contributed by atoms with Crippen molar-refractivity contribution in [2.75, 3.05) is 33.2 Å². The van der Waals surface area contributed by atoms with Gasteiger partial charge in [-0.2, -0.15) is 0 Å². The number of cyclic esters (lactones) is 1. The second-order valence-electron chi connectivity index (χ2n) is 12.2. The first kappa shape index (κ1) is 36.6. The van der Waals surface area contributed by atoms with E-state index >= 15 is 0 Å². The van der Waals surface area contributed by atoms with Crippen LogP contribution in [0.5, 0.6) is 5.75 Å². The van der Waals surface area contributed by atoms with Crippen LogP contribution in [0.25, 0.3) is 0 Å². The van der Waals surface area contributed by atoms with Crippen LogP contribution in [0.3, 0.4) is 0 Å². The van der Waals surface area contributed by atoms with Crippen molar-refractivity contribution in [1.29, 1.82) is 0 Å². The fourth-order valence-electron chi connectivity index (χ4n) is 5.53. The molecule has 3 rings (SSSR count). The van der Waals surface area contributed by atoms with Crippen LogP contribution < -0.4 is 20.3 Å². The van der Waals surface area contributed by atoms with Gasteiger partial charge in [-0.3, -0.25) is 14.9 Å². The summed E-state index contributed by atoms with van der Waals surface area (Å²) < 4.78 is 28.4. The number of nitrogens with zero attached hydrogens (tertiary/aromatic N) is 1. The average molecular weight is 654 g/mol. The fourth-order valence-corrected chi connectivity index (χ4v) is 5.84. The zero-order valence-corrected chi connectivity index (χ0v) is 28.6. The minimum Gasteiger partial charge on any atom is -0.495 e. The summed E-state index contributed by atoms with van der Waals surface area (Å²) >= 11 is 6.66. The number of likely N-dealkylation sites (N-methyl/N-ethyl adjacent to an activating group) is 1. The first-order valence-corrected chi connectivity index (χ1v) is 15.5. The summed E-state index contributed by atoms with van der Waals surface area (Å²) in [6, 6.07) is 3.04.